The third-order valence-corrected chi connectivity index (χ3v) is 4.94. The predicted molar refractivity (Wildman–Crippen MR) is 107 cm³/mol. The van der Waals surface area contributed by atoms with E-state index in [1.807, 2.05) is 13.8 Å². The van der Waals surface area contributed by atoms with Crippen LogP contribution in [0, 0.1) is 6.92 Å². The van der Waals surface area contributed by atoms with Gasteiger partial charge in [-0.25, -0.2) is 4.98 Å². The molecule has 1 aliphatic heterocycles. The van der Waals surface area contributed by atoms with Gasteiger partial charge >= 0.3 is 0 Å². The van der Waals surface area contributed by atoms with Gasteiger partial charge in [0.1, 0.15) is 10.8 Å². The summed E-state index contributed by atoms with van der Waals surface area (Å²) in [5.41, 5.74) is 3.40. The van der Waals surface area contributed by atoms with E-state index in [1.165, 1.54) is 17.3 Å². The van der Waals surface area contributed by atoms with Crippen LogP contribution in [0.4, 0.5) is 11.5 Å². The molecular formula is C19H24Cl2N4O. The summed E-state index contributed by atoms with van der Waals surface area (Å²) in [4.78, 5) is 8.07. The second-order valence-corrected chi connectivity index (χ2v) is 7.60. The van der Waals surface area contributed by atoms with Gasteiger partial charge in [0.05, 0.1) is 18.0 Å². The molecule has 26 heavy (non-hydrogen) atoms. The number of piperidine rings is 1. The Balaban J connectivity index is 1.97. The number of rotatable bonds is 5. The molecule has 7 heteroatoms. The molecule has 2 N–H and O–H groups in total. The summed E-state index contributed by atoms with van der Waals surface area (Å²) in [6.07, 6.45) is 3.83. The van der Waals surface area contributed by atoms with Crippen molar-refractivity contribution in [1.82, 2.24) is 15.3 Å². The van der Waals surface area contributed by atoms with E-state index in [0.717, 1.165) is 37.4 Å². The maximum absolute atomic E-state index is 6.20. The van der Waals surface area contributed by atoms with Gasteiger partial charge in [0, 0.05) is 0 Å². The van der Waals surface area contributed by atoms with Crippen LogP contribution in [0.1, 0.15) is 43.7 Å². The lowest BCUT2D eigenvalue weighted by molar-refractivity contribution is 0.243. The molecule has 2 aromatic rings. The first-order chi connectivity index (χ1) is 12.4. The number of anilines is 2. The SMILES string of the molecule is Cc1cc(Nc2nc(Cl)ncc2Cl)c(OC(C)C)cc1C1CCNCC1. The van der Waals surface area contributed by atoms with E-state index in [4.69, 9.17) is 27.9 Å². The Bertz CT molecular complexity index is 776. The zero-order valence-corrected chi connectivity index (χ0v) is 16.8. The number of nitrogens with one attached hydrogen (secondary N) is 2. The first-order valence-corrected chi connectivity index (χ1v) is 9.66. The van der Waals surface area contributed by atoms with Crippen LogP contribution in [0.2, 0.25) is 10.3 Å². The highest BCUT2D eigenvalue weighted by Crippen LogP contribution is 2.38. The van der Waals surface area contributed by atoms with Gasteiger partial charge in [-0.3, -0.25) is 0 Å². The van der Waals surface area contributed by atoms with Crippen molar-refractivity contribution < 1.29 is 4.74 Å². The van der Waals surface area contributed by atoms with Gasteiger partial charge in [-0.1, -0.05) is 11.6 Å². The molecule has 0 bridgehead atoms. The Kier molecular flexibility index (Phi) is 6.22. The molecule has 1 fully saturated rings. The Morgan fingerprint density at radius 1 is 1.23 bits per heavy atom. The molecule has 0 spiro atoms. The van der Waals surface area contributed by atoms with E-state index in [-0.39, 0.29) is 11.4 Å². The van der Waals surface area contributed by atoms with Gasteiger partial charge in [0.15, 0.2) is 5.82 Å². The Hall–Kier alpha value is -1.56. The van der Waals surface area contributed by atoms with E-state index in [9.17, 15) is 0 Å². The molecule has 1 aromatic carbocycles. The Morgan fingerprint density at radius 2 is 1.96 bits per heavy atom. The van der Waals surface area contributed by atoms with E-state index >= 15 is 0 Å². The largest absolute Gasteiger partial charge is 0.489 e. The van der Waals surface area contributed by atoms with Crippen LogP contribution in [-0.2, 0) is 0 Å². The van der Waals surface area contributed by atoms with Crippen molar-refractivity contribution in [2.24, 2.45) is 0 Å². The molecular weight excluding hydrogens is 371 g/mol. The number of nitrogens with zero attached hydrogens (tertiary/aromatic N) is 2. The minimum Gasteiger partial charge on any atom is -0.489 e. The zero-order chi connectivity index (χ0) is 18.7. The molecule has 0 aliphatic carbocycles. The second kappa shape index (κ2) is 8.42. The minimum absolute atomic E-state index is 0.0589. The normalized spacial score (nSPS) is 15.3. The standard InChI is InChI=1S/C19H24Cl2N4O/c1-11(2)26-17-9-14(13-4-6-22-7-5-13)12(3)8-16(17)24-18-15(20)10-23-19(21)25-18/h8-11,13,22H,4-7H2,1-3H3,(H,23,24,25). The number of hydrogen-bond donors (Lipinski definition) is 2. The number of aryl methyl sites for hydroxylation is 1. The van der Waals surface area contributed by atoms with Crippen molar-refractivity contribution in [2.45, 2.75) is 45.6 Å². The summed E-state index contributed by atoms with van der Waals surface area (Å²) < 4.78 is 6.08. The van der Waals surface area contributed by atoms with E-state index in [1.54, 1.807) is 0 Å². The highest BCUT2D eigenvalue weighted by molar-refractivity contribution is 6.33. The number of ether oxygens (including phenoxy) is 1. The lowest BCUT2D eigenvalue weighted by Crippen LogP contribution is -2.27. The molecule has 1 aliphatic rings. The number of halogens is 2. The molecule has 0 amide bonds. The Labute approximate surface area is 164 Å². The molecule has 0 saturated carbocycles. The third-order valence-electron chi connectivity index (χ3n) is 4.48. The highest BCUT2D eigenvalue weighted by Gasteiger charge is 2.20. The average Bonchev–Trinajstić information content (AvgIpc) is 2.60. The van der Waals surface area contributed by atoms with Crippen molar-refractivity contribution in [3.63, 3.8) is 0 Å². The van der Waals surface area contributed by atoms with E-state index in [0.29, 0.717) is 16.8 Å². The van der Waals surface area contributed by atoms with Crippen LogP contribution in [0.15, 0.2) is 18.3 Å². The maximum atomic E-state index is 6.20. The first kappa shape index (κ1) is 19.2. The van der Waals surface area contributed by atoms with E-state index < -0.39 is 0 Å². The molecule has 0 atom stereocenters. The van der Waals surface area contributed by atoms with Crippen LogP contribution in [0.3, 0.4) is 0 Å². The summed E-state index contributed by atoms with van der Waals surface area (Å²) >= 11 is 12.1. The molecule has 3 rings (SSSR count). The fourth-order valence-electron chi connectivity index (χ4n) is 3.29. The lowest BCUT2D eigenvalue weighted by atomic mass is 9.87. The van der Waals surface area contributed by atoms with Gasteiger partial charge < -0.3 is 15.4 Å². The summed E-state index contributed by atoms with van der Waals surface area (Å²) in [6, 6.07) is 4.26. The number of benzene rings is 1. The van der Waals surface area contributed by atoms with Crippen molar-refractivity contribution in [2.75, 3.05) is 18.4 Å². The number of aromatic nitrogens is 2. The molecule has 5 nitrogen and oxygen atoms in total. The van der Waals surface area contributed by atoms with Crippen LogP contribution < -0.4 is 15.4 Å². The number of hydrogen-bond acceptors (Lipinski definition) is 5. The monoisotopic (exact) mass is 394 g/mol. The highest BCUT2D eigenvalue weighted by atomic mass is 35.5. The Morgan fingerprint density at radius 3 is 2.65 bits per heavy atom. The average molecular weight is 395 g/mol. The molecule has 140 valence electrons. The summed E-state index contributed by atoms with van der Waals surface area (Å²) in [5.74, 6) is 1.82. The molecule has 0 radical (unpaired) electrons. The predicted octanol–water partition coefficient (Wildman–Crippen LogP) is 5.09. The van der Waals surface area contributed by atoms with Crippen molar-refractivity contribution in [1.29, 1.82) is 0 Å². The van der Waals surface area contributed by atoms with Gasteiger partial charge in [-0.15, -0.1) is 0 Å². The topological polar surface area (TPSA) is 59.1 Å². The van der Waals surface area contributed by atoms with Crippen LogP contribution in [-0.4, -0.2) is 29.2 Å². The quantitative estimate of drug-likeness (QED) is 0.691. The van der Waals surface area contributed by atoms with Crippen LogP contribution in [0.25, 0.3) is 0 Å². The van der Waals surface area contributed by atoms with Crippen LogP contribution in [0.5, 0.6) is 5.75 Å². The van der Waals surface area contributed by atoms with Crippen molar-refractivity contribution >= 4 is 34.7 Å². The van der Waals surface area contributed by atoms with Gasteiger partial charge in [0.25, 0.3) is 0 Å². The summed E-state index contributed by atoms with van der Waals surface area (Å²) in [7, 11) is 0. The minimum atomic E-state index is 0.0589. The van der Waals surface area contributed by atoms with Gasteiger partial charge in [0.2, 0.25) is 5.28 Å². The fourth-order valence-corrected chi connectivity index (χ4v) is 3.56. The summed E-state index contributed by atoms with van der Waals surface area (Å²) in [5, 5.41) is 7.23. The summed E-state index contributed by atoms with van der Waals surface area (Å²) in [6.45, 7) is 8.28. The van der Waals surface area contributed by atoms with Crippen LogP contribution >= 0.6 is 23.2 Å². The molecule has 2 heterocycles. The fraction of sp³-hybridized carbons (Fsp3) is 0.474. The van der Waals surface area contributed by atoms with E-state index in [2.05, 4.69) is 39.7 Å². The third kappa shape index (κ3) is 4.58. The van der Waals surface area contributed by atoms with Crippen molar-refractivity contribution in [3.8, 4) is 5.75 Å². The second-order valence-electron chi connectivity index (χ2n) is 6.86. The zero-order valence-electron chi connectivity index (χ0n) is 15.3. The van der Waals surface area contributed by atoms with Crippen molar-refractivity contribution in [3.05, 3.63) is 39.8 Å². The first-order valence-electron chi connectivity index (χ1n) is 8.91. The maximum Gasteiger partial charge on any atom is 0.224 e. The lowest BCUT2D eigenvalue weighted by Gasteiger charge is -2.26. The molecule has 1 aromatic heterocycles. The molecule has 1 saturated heterocycles. The van der Waals surface area contributed by atoms with Gasteiger partial charge in [-0.2, -0.15) is 4.98 Å². The molecule has 0 unspecified atom stereocenters. The smallest absolute Gasteiger partial charge is 0.224 e. The van der Waals surface area contributed by atoms with Gasteiger partial charge in [-0.05, 0) is 87.5 Å².